The van der Waals surface area contributed by atoms with E-state index < -0.39 is 0 Å². The third kappa shape index (κ3) is 2.78. The van der Waals surface area contributed by atoms with Gasteiger partial charge in [0, 0.05) is 18.5 Å². The summed E-state index contributed by atoms with van der Waals surface area (Å²) in [5.41, 5.74) is 1.10. The van der Waals surface area contributed by atoms with Gasteiger partial charge in [0.2, 0.25) is 5.91 Å². The highest BCUT2D eigenvalue weighted by atomic mass is 16.5. The summed E-state index contributed by atoms with van der Waals surface area (Å²) < 4.78 is 5.82. The fourth-order valence-corrected chi connectivity index (χ4v) is 2.15. The molecule has 1 heterocycles. The van der Waals surface area contributed by atoms with Gasteiger partial charge in [0.1, 0.15) is 11.9 Å². The number of fused-ring (bicyclic) bond motifs is 1. The zero-order valence-corrected chi connectivity index (χ0v) is 10.5. The van der Waals surface area contributed by atoms with Gasteiger partial charge in [-0.1, -0.05) is 25.1 Å². The van der Waals surface area contributed by atoms with Crippen LogP contribution in [0.1, 0.15) is 32.3 Å². The number of hydrogen-bond donors (Lipinski definition) is 0. The van der Waals surface area contributed by atoms with Gasteiger partial charge < -0.3 is 9.64 Å². The summed E-state index contributed by atoms with van der Waals surface area (Å²) in [6, 6.07) is 7.95. The lowest BCUT2D eigenvalue weighted by molar-refractivity contribution is -0.132. The second kappa shape index (κ2) is 5.21. The van der Waals surface area contributed by atoms with Gasteiger partial charge >= 0.3 is 0 Å². The van der Waals surface area contributed by atoms with E-state index in [1.807, 2.05) is 43.0 Å². The molecule has 0 bridgehead atoms. The fourth-order valence-electron chi connectivity index (χ4n) is 2.15. The Kier molecular flexibility index (Phi) is 3.67. The zero-order valence-electron chi connectivity index (χ0n) is 10.5. The molecule has 0 aromatic heterocycles. The molecule has 0 spiro atoms. The predicted octanol–water partition coefficient (Wildman–Crippen LogP) is 2.60. The minimum atomic E-state index is 0.0551. The van der Waals surface area contributed by atoms with Crippen molar-refractivity contribution in [1.82, 2.24) is 4.90 Å². The molecule has 0 aliphatic carbocycles. The van der Waals surface area contributed by atoms with Crippen LogP contribution >= 0.6 is 0 Å². The van der Waals surface area contributed by atoms with Crippen LogP contribution in [0.4, 0.5) is 0 Å². The molecule has 0 fully saturated rings. The molecular weight excluding hydrogens is 214 g/mol. The van der Waals surface area contributed by atoms with E-state index >= 15 is 0 Å². The van der Waals surface area contributed by atoms with Gasteiger partial charge in [-0.15, -0.1) is 0 Å². The van der Waals surface area contributed by atoms with Crippen LogP contribution in [0.25, 0.3) is 0 Å². The lowest BCUT2D eigenvalue weighted by Gasteiger charge is -2.21. The van der Waals surface area contributed by atoms with Gasteiger partial charge in [-0.25, -0.2) is 0 Å². The topological polar surface area (TPSA) is 29.5 Å². The van der Waals surface area contributed by atoms with Gasteiger partial charge in [0.15, 0.2) is 0 Å². The van der Waals surface area contributed by atoms with Crippen LogP contribution in [0.2, 0.25) is 0 Å². The van der Waals surface area contributed by atoms with Gasteiger partial charge in [0.05, 0.1) is 6.54 Å². The van der Waals surface area contributed by atoms with E-state index in [0.29, 0.717) is 19.5 Å². The minimum absolute atomic E-state index is 0.0551. The van der Waals surface area contributed by atoms with E-state index in [9.17, 15) is 4.79 Å². The number of hydrogen-bond acceptors (Lipinski definition) is 2. The normalized spacial score (nSPS) is 19.2. The maximum atomic E-state index is 12.0. The summed E-state index contributed by atoms with van der Waals surface area (Å²) in [7, 11) is 0. The molecule has 2 rings (SSSR count). The van der Waals surface area contributed by atoms with Crippen molar-refractivity contribution in [2.45, 2.75) is 39.3 Å². The number of rotatable bonds is 2. The maximum absolute atomic E-state index is 12.0. The van der Waals surface area contributed by atoms with Crippen LogP contribution in [0.5, 0.6) is 5.75 Å². The molecule has 0 saturated heterocycles. The smallest absolute Gasteiger partial charge is 0.222 e. The molecule has 1 aromatic rings. The van der Waals surface area contributed by atoms with Crippen LogP contribution in [0.15, 0.2) is 24.3 Å². The van der Waals surface area contributed by atoms with Crippen molar-refractivity contribution in [2.24, 2.45) is 0 Å². The summed E-state index contributed by atoms with van der Waals surface area (Å²) in [5.74, 6) is 1.13. The number of carbonyl (C=O) groups is 1. The second-order valence-electron chi connectivity index (χ2n) is 4.56. The highest BCUT2D eigenvalue weighted by Gasteiger charge is 2.22. The molecule has 0 radical (unpaired) electrons. The van der Waals surface area contributed by atoms with Crippen LogP contribution in [0.3, 0.4) is 0 Å². The average molecular weight is 233 g/mol. The number of para-hydroxylation sites is 1. The molecule has 1 aliphatic rings. The third-order valence-corrected chi connectivity index (χ3v) is 2.96. The Morgan fingerprint density at radius 3 is 3.00 bits per heavy atom. The van der Waals surface area contributed by atoms with E-state index in [1.54, 1.807) is 0 Å². The Morgan fingerprint density at radius 2 is 2.24 bits per heavy atom. The summed E-state index contributed by atoms with van der Waals surface area (Å²) in [6.45, 7) is 5.38. The Bertz CT molecular complexity index is 403. The Labute approximate surface area is 102 Å². The molecule has 92 valence electrons. The monoisotopic (exact) mass is 233 g/mol. The van der Waals surface area contributed by atoms with Crippen molar-refractivity contribution >= 4 is 5.91 Å². The molecular formula is C14H19NO2. The number of nitrogens with zero attached hydrogens (tertiary/aromatic N) is 1. The van der Waals surface area contributed by atoms with Crippen molar-refractivity contribution in [1.29, 1.82) is 0 Å². The average Bonchev–Trinajstić information content (AvgIpc) is 2.47. The van der Waals surface area contributed by atoms with Crippen molar-refractivity contribution in [3.8, 4) is 5.75 Å². The predicted molar refractivity (Wildman–Crippen MR) is 66.9 cm³/mol. The van der Waals surface area contributed by atoms with Crippen molar-refractivity contribution < 1.29 is 9.53 Å². The van der Waals surface area contributed by atoms with E-state index in [4.69, 9.17) is 4.74 Å². The van der Waals surface area contributed by atoms with Crippen LogP contribution in [-0.4, -0.2) is 23.5 Å². The van der Waals surface area contributed by atoms with Crippen molar-refractivity contribution in [3.63, 3.8) is 0 Å². The second-order valence-corrected chi connectivity index (χ2v) is 4.56. The zero-order chi connectivity index (χ0) is 12.3. The highest BCUT2D eigenvalue weighted by Crippen LogP contribution is 2.24. The molecule has 17 heavy (non-hydrogen) atoms. The van der Waals surface area contributed by atoms with E-state index in [0.717, 1.165) is 17.7 Å². The molecule has 1 unspecified atom stereocenters. The van der Waals surface area contributed by atoms with Crippen molar-refractivity contribution in [3.05, 3.63) is 29.8 Å². The number of ether oxygens (including phenoxy) is 1. The molecule has 0 saturated carbocycles. The Morgan fingerprint density at radius 1 is 1.47 bits per heavy atom. The number of benzene rings is 1. The van der Waals surface area contributed by atoms with Gasteiger partial charge in [-0.05, 0) is 19.4 Å². The highest BCUT2D eigenvalue weighted by molar-refractivity contribution is 5.76. The lowest BCUT2D eigenvalue weighted by Crippen LogP contribution is -2.35. The molecule has 3 nitrogen and oxygen atoms in total. The number of amides is 1. The summed E-state index contributed by atoms with van der Waals surface area (Å²) in [6.07, 6.45) is 1.57. The molecule has 1 amide bonds. The maximum Gasteiger partial charge on any atom is 0.222 e. The Hall–Kier alpha value is -1.51. The van der Waals surface area contributed by atoms with Crippen LogP contribution in [-0.2, 0) is 11.3 Å². The summed E-state index contributed by atoms with van der Waals surface area (Å²) >= 11 is 0. The van der Waals surface area contributed by atoms with Crippen molar-refractivity contribution in [2.75, 3.05) is 6.54 Å². The fraction of sp³-hybridized carbons (Fsp3) is 0.500. The lowest BCUT2D eigenvalue weighted by atomic mass is 10.2. The minimum Gasteiger partial charge on any atom is -0.489 e. The summed E-state index contributed by atoms with van der Waals surface area (Å²) in [5, 5.41) is 0. The van der Waals surface area contributed by atoms with Gasteiger partial charge in [-0.3, -0.25) is 4.79 Å². The first-order valence-electron chi connectivity index (χ1n) is 6.23. The van der Waals surface area contributed by atoms with E-state index in [2.05, 4.69) is 0 Å². The molecule has 1 aromatic carbocycles. The van der Waals surface area contributed by atoms with E-state index in [-0.39, 0.29) is 12.0 Å². The van der Waals surface area contributed by atoms with Crippen LogP contribution in [0, 0.1) is 0 Å². The first-order valence-corrected chi connectivity index (χ1v) is 6.23. The summed E-state index contributed by atoms with van der Waals surface area (Å²) in [4.78, 5) is 13.9. The molecule has 3 heteroatoms. The van der Waals surface area contributed by atoms with E-state index in [1.165, 1.54) is 0 Å². The third-order valence-electron chi connectivity index (χ3n) is 2.96. The van der Waals surface area contributed by atoms with Crippen LogP contribution < -0.4 is 4.74 Å². The molecule has 1 aliphatic heterocycles. The number of carbonyl (C=O) groups excluding carboxylic acids is 1. The Balaban J connectivity index is 2.20. The first-order chi connectivity index (χ1) is 8.20. The SMILES string of the molecule is CCCC(=O)N1Cc2ccccc2OC(C)C1. The first kappa shape index (κ1) is 12.0. The van der Waals surface area contributed by atoms with Gasteiger partial charge in [-0.2, -0.15) is 0 Å². The largest absolute Gasteiger partial charge is 0.489 e. The quantitative estimate of drug-likeness (QED) is 0.785. The van der Waals surface area contributed by atoms with Gasteiger partial charge in [0.25, 0.3) is 0 Å². The molecule has 0 N–H and O–H groups in total. The standard InChI is InChI=1S/C14H19NO2/c1-3-6-14(16)15-9-11(2)17-13-8-5-4-7-12(13)10-15/h4-5,7-8,11H,3,6,9-10H2,1-2H3. The molecule has 1 atom stereocenters.